The van der Waals surface area contributed by atoms with Gasteiger partial charge in [-0.2, -0.15) is 0 Å². The predicted octanol–water partition coefficient (Wildman–Crippen LogP) is 3.62. The Balaban J connectivity index is 1.94. The standard InChI is InChI=1S/C17H17ClN2O3/c1-11-3-6-14(9-16(11)19-12(2)21)20-17(22)10-23-15-7-4-13(18)5-8-15/h3-9H,10H2,1-2H3,(H,19,21)(H,20,22). The molecule has 5 nitrogen and oxygen atoms in total. The first-order chi connectivity index (χ1) is 10.9. The minimum absolute atomic E-state index is 0.120. The lowest BCUT2D eigenvalue weighted by Gasteiger charge is -2.11. The molecule has 0 saturated carbocycles. The normalized spacial score (nSPS) is 10.0. The molecule has 0 fully saturated rings. The number of rotatable bonds is 5. The van der Waals surface area contributed by atoms with Crippen molar-refractivity contribution in [2.24, 2.45) is 0 Å². The van der Waals surface area contributed by atoms with E-state index >= 15 is 0 Å². The van der Waals surface area contributed by atoms with Gasteiger partial charge < -0.3 is 15.4 Å². The zero-order valence-electron chi connectivity index (χ0n) is 12.9. The van der Waals surface area contributed by atoms with Gasteiger partial charge in [0, 0.05) is 23.3 Å². The van der Waals surface area contributed by atoms with Crippen LogP contribution in [0.4, 0.5) is 11.4 Å². The number of hydrogen-bond donors (Lipinski definition) is 2. The van der Waals surface area contributed by atoms with Crippen molar-refractivity contribution in [3.8, 4) is 5.75 Å². The molecule has 2 N–H and O–H groups in total. The highest BCUT2D eigenvalue weighted by molar-refractivity contribution is 6.30. The molecule has 0 bridgehead atoms. The first kappa shape index (κ1) is 16.8. The number of halogens is 1. The van der Waals surface area contributed by atoms with Crippen molar-refractivity contribution >= 4 is 34.8 Å². The molecule has 2 amide bonds. The van der Waals surface area contributed by atoms with Crippen molar-refractivity contribution in [1.82, 2.24) is 0 Å². The maximum absolute atomic E-state index is 11.9. The van der Waals surface area contributed by atoms with Crippen molar-refractivity contribution in [2.75, 3.05) is 17.2 Å². The summed E-state index contributed by atoms with van der Waals surface area (Å²) in [5, 5.41) is 6.04. The molecule has 23 heavy (non-hydrogen) atoms. The number of aryl methyl sites for hydroxylation is 1. The summed E-state index contributed by atoms with van der Waals surface area (Å²) in [5.74, 6) is 0.104. The van der Waals surface area contributed by atoms with Crippen LogP contribution in [0.15, 0.2) is 42.5 Å². The molecular weight excluding hydrogens is 316 g/mol. The first-order valence-electron chi connectivity index (χ1n) is 7.00. The smallest absolute Gasteiger partial charge is 0.262 e. The van der Waals surface area contributed by atoms with Gasteiger partial charge in [0.05, 0.1) is 0 Å². The highest BCUT2D eigenvalue weighted by Crippen LogP contribution is 2.20. The molecule has 0 aliphatic carbocycles. The van der Waals surface area contributed by atoms with Crippen molar-refractivity contribution in [1.29, 1.82) is 0 Å². The van der Waals surface area contributed by atoms with Crippen LogP contribution in [-0.2, 0) is 9.59 Å². The van der Waals surface area contributed by atoms with Crippen LogP contribution in [0.5, 0.6) is 5.75 Å². The molecule has 0 unspecified atom stereocenters. The van der Waals surface area contributed by atoms with Gasteiger partial charge >= 0.3 is 0 Å². The zero-order valence-corrected chi connectivity index (χ0v) is 13.6. The Hall–Kier alpha value is -2.53. The fraction of sp³-hybridized carbons (Fsp3) is 0.176. The minimum Gasteiger partial charge on any atom is -0.484 e. The Kier molecular flexibility index (Phi) is 5.60. The summed E-state index contributed by atoms with van der Waals surface area (Å²) in [4.78, 5) is 23.1. The minimum atomic E-state index is -0.294. The second-order valence-electron chi connectivity index (χ2n) is 5.00. The summed E-state index contributed by atoms with van der Waals surface area (Å²) >= 11 is 5.78. The van der Waals surface area contributed by atoms with Gasteiger partial charge in [0.25, 0.3) is 5.91 Å². The van der Waals surface area contributed by atoms with Gasteiger partial charge in [-0.3, -0.25) is 9.59 Å². The predicted molar refractivity (Wildman–Crippen MR) is 91.1 cm³/mol. The highest BCUT2D eigenvalue weighted by Gasteiger charge is 2.07. The van der Waals surface area contributed by atoms with Crippen LogP contribution in [0.3, 0.4) is 0 Å². The molecule has 0 aromatic heterocycles. The number of carbonyl (C=O) groups is 2. The van der Waals surface area contributed by atoms with Gasteiger partial charge in [-0.1, -0.05) is 17.7 Å². The van der Waals surface area contributed by atoms with Gasteiger partial charge in [0.1, 0.15) is 5.75 Å². The van der Waals surface area contributed by atoms with Crippen LogP contribution in [0.25, 0.3) is 0 Å². The Labute approximate surface area is 139 Å². The number of hydrogen-bond acceptors (Lipinski definition) is 3. The Bertz CT molecular complexity index is 714. The fourth-order valence-electron chi connectivity index (χ4n) is 1.90. The third kappa shape index (κ3) is 5.30. The molecule has 0 aliphatic rings. The van der Waals surface area contributed by atoms with E-state index in [1.54, 1.807) is 36.4 Å². The molecule has 0 saturated heterocycles. The van der Waals surface area contributed by atoms with E-state index in [0.29, 0.717) is 22.1 Å². The van der Waals surface area contributed by atoms with Gasteiger partial charge in [0.2, 0.25) is 5.91 Å². The van der Waals surface area contributed by atoms with Crippen LogP contribution in [0.1, 0.15) is 12.5 Å². The van der Waals surface area contributed by atoms with Crippen LogP contribution >= 0.6 is 11.6 Å². The summed E-state index contributed by atoms with van der Waals surface area (Å²) in [6.45, 7) is 3.19. The quantitative estimate of drug-likeness (QED) is 0.878. The number of ether oxygens (including phenoxy) is 1. The van der Waals surface area contributed by atoms with Crippen LogP contribution in [-0.4, -0.2) is 18.4 Å². The molecule has 6 heteroatoms. The topological polar surface area (TPSA) is 67.4 Å². The van der Waals surface area contributed by atoms with E-state index in [-0.39, 0.29) is 18.4 Å². The summed E-state index contributed by atoms with van der Waals surface area (Å²) in [6, 6.07) is 12.0. The summed E-state index contributed by atoms with van der Waals surface area (Å²) in [6.07, 6.45) is 0. The molecule has 0 radical (unpaired) electrons. The number of anilines is 2. The van der Waals surface area contributed by atoms with E-state index in [0.717, 1.165) is 5.56 Å². The Morgan fingerprint density at radius 1 is 1.09 bits per heavy atom. The molecular formula is C17H17ClN2O3. The lowest BCUT2D eigenvalue weighted by molar-refractivity contribution is -0.118. The fourth-order valence-corrected chi connectivity index (χ4v) is 2.03. The summed E-state index contributed by atoms with van der Waals surface area (Å²) < 4.78 is 5.37. The third-order valence-corrected chi connectivity index (χ3v) is 3.27. The maximum atomic E-state index is 11.9. The SMILES string of the molecule is CC(=O)Nc1cc(NC(=O)COc2ccc(Cl)cc2)ccc1C. The van der Waals surface area contributed by atoms with Gasteiger partial charge in [0.15, 0.2) is 6.61 Å². The van der Waals surface area contributed by atoms with E-state index < -0.39 is 0 Å². The van der Waals surface area contributed by atoms with Crippen LogP contribution in [0, 0.1) is 6.92 Å². The Morgan fingerprint density at radius 3 is 2.43 bits per heavy atom. The molecule has 0 heterocycles. The average Bonchev–Trinajstić information content (AvgIpc) is 2.49. The van der Waals surface area contributed by atoms with Gasteiger partial charge in [-0.05, 0) is 48.9 Å². The van der Waals surface area contributed by atoms with Crippen LogP contribution < -0.4 is 15.4 Å². The number of amides is 2. The van der Waals surface area contributed by atoms with Crippen molar-refractivity contribution in [2.45, 2.75) is 13.8 Å². The van der Waals surface area contributed by atoms with E-state index in [4.69, 9.17) is 16.3 Å². The van der Waals surface area contributed by atoms with Crippen molar-refractivity contribution in [3.63, 3.8) is 0 Å². The van der Waals surface area contributed by atoms with Gasteiger partial charge in [-0.25, -0.2) is 0 Å². The van der Waals surface area contributed by atoms with Gasteiger partial charge in [-0.15, -0.1) is 0 Å². The second-order valence-corrected chi connectivity index (χ2v) is 5.44. The van der Waals surface area contributed by atoms with E-state index in [1.165, 1.54) is 6.92 Å². The number of carbonyl (C=O) groups excluding carboxylic acids is 2. The largest absolute Gasteiger partial charge is 0.484 e. The molecule has 0 atom stereocenters. The maximum Gasteiger partial charge on any atom is 0.262 e. The van der Waals surface area contributed by atoms with Crippen molar-refractivity contribution in [3.05, 3.63) is 53.1 Å². The summed E-state index contributed by atoms with van der Waals surface area (Å²) in [7, 11) is 0. The van der Waals surface area contributed by atoms with E-state index in [2.05, 4.69) is 10.6 Å². The van der Waals surface area contributed by atoms with Crippen LogP contribution in [0.2, 0.25) is 5.02 Å². The molecule has 120 valence electrons. The van der Waals surface area contributed by atoms with E-state index in [1.807, 2.05) is 13.0 Å². The second kappa shape index (κ2) is 7.65. The molecule has 2 rings (SSSR count). The number of benzene rings is 2. The van der Waals surface area contributed by atoms with E-state index in [9.17, 15) is 9.59 Å². The van der Waals surface area contributed by atoms with Crippen molar-refractivity contribution < 1.29 is 14.3 Å². The lowest BCUT2D eigenvalue weighted by atomic mass is 10.1. The zero-order chi connectivity index (χ0) is 16.8. The lowest BCUT2D eigenvalue weighted by Crippen LogP contribution is -2.20. The summed E-state index contributed by atoms with van der Waals surface area (Å²) in [5.41, 5.74) is 2.16. The Morgan fingerprint density at radius 2 is 1.78 bits per heavy atom. The average molecular weight is 333 g/mol. The highest BCUT2D eigenvalue weighted by atomic mass is 35.5. The molecule has 2 aromatic carbocycles. The third-order valence-electron chi connectivity index (χ3n) is 3.02. The molecule has 0 spiro atoms. The number of nitrogens with one attached hydrogen (secondary N) is 2. The monoisotopic (exact) mass is 332 g/mol. The first-order valence-corrected chi connectivity index (χ1v) is 7.38. The molecule has 0 aliphatic heterocycles. The molecule has 2 aromatic rings.